The number of nitrogens with one attached hydrogen (secondary N) is 2. The van der Waals surface area contributed by atoms with Crippen molar-refractivity contribution in [1.82, 2.24) is 15.5 Å². The predicted molar refractivity (Wildman–Crippen MR) is 99.3 cm³/mol. The largest absolute Gasteiger partial charge is 0.333 e. The second kappa shape index (κ2) is 11.0. The summed E-state index contributed by atoms with van der Waals surface area (Å²) < 4.78 is 0. The van der Waals surface area contributed by atoms with E-state index < -0.39 is 6.03 Å². The van der Waals surface area contributed by atoms with Crippen molar-refractivity contribution >= 4 is 24.3 Å². The lowest BCUT2D eigenvalue weighted by molar-refractivity contribution is -0.121. The van der Waals surface area contributed by atoms with Gasteiger partial charge in [-0.2, -0.15) is 0 Å². The Morgan fingerprint density at radius 2 is 1.75 bits per heavy atom. The van der Waals surface area contributed by atoms with Crippen LogP contribution in [0, 0.1) is 0 Å². The first-order valence-electron chi connectivity index (χ1n) is 7.88. The van der Waals surface area contributed by atoms with Crippen LogP contribution in [0.5, 0.6) is 0 Å². The molecular weight excluding hydrogens is 328 g/mol. The third-order valence-electron chi connectivity index (χ3n) is 3.11. The van der Waals surface area contributed by atoms with Crippen LogP contribution in [0.15, 0.2) is 30.3 Å². The number of nitrogens with zero attached hydrogens (tertiary/aromatic N) is 1. The minimum atomic E-state index is -0.474. The minimum Gasteiger partial charge on any atom is -0.333 e. The molecule has 6 nitrogen and oxygen atoms in total. The number of nitrogens with two attached hydrogens (primary N) is 1. The van der Waals surface area contributed by atoms with Gasteiger partial charge in [0.1, 0.15) is 0 Å². The first kappa shape index (κ1) is 22.4. The molecule has 0 saturated carbocycles. The number of imide groups is 1. The van der Waals surface area contributed by atoms with Gasteiger partial charge in [-0.05, 0) is 32.8 Å². The summed E-state index contributed by atoms with van der Waals surface area (Å²) in [4.78, 5) is 25.6. The number of hydrogen-bond acceptors (Lipinski definition) is 4. The van der Waals surface area contributed by atoms with Crippen LogP contribution in [0.1, 0.15) is 26.3 Å². The number of carbonyl (C=O) groups excluding carboxylic acids is 2. The molecule has 0 aliphatic rings. The molecule has 0 heterocycles. The summed E-state index contributed by atoms with van der Waals surface area (Å²) in [6, 6.07) is 9.59. The molecule has 1 rings (SSSR count). The summed E-state index contributed by atoms with van der Waals surface area (Å²) in [5.74, 6) is -0.326. The lowest BCUT2D eigenvalue weighted by atomic mass is 10.1. The summed E-state index contributed by atoms with van der Waals surface area (Å²) in [5.41, 5.74) is 6.43. The van der Waals surface area contributed by atoms with Crippen molar-refractivity contribution < 1.29 is 9.59 Å². The highest BCUT2D eigenvalue weighted by Gasteiger charge is 2.17. The molecule has 0 saturated heterocycles. The number of urea groups is 1. The Morgan fingerprint density at radius 1 is 1.12 bits per heavy atom. The molecule has 0 radical (unpaired) electrons. The molecule has 0 unspecified atom stereocenters. The average molecular weight is 357 g/mol. The Bertz CT molecular complexity index is 503. The van der Waals surface area contributed by atoms with Crippen LogP contribution < -0.4 is 16.4 Å². The SMILES string of the molecule is CC(C)(C)NC(=O)NC(=O)CN(CCN)CCc1ccccc1.Cl. The summed E-state index contributed by atoms with van der Waals surface area (Å²) in [7, 11) is 0. The Hall–Kier alpha value is -1.63. The fraction of sp³-hybridized carbons (Fsp3) is 0.529. The van der Waals surface area contributed by atoms with Crippen LogP contribution in [-0.4, -0.2) is 48.6 Å². The lowest BCUT2D eigenvalue weighted by Gasteiger charge is -2.23. The van der Waals surface area contributed by atoms with E-state index in [1.165, 1.54) is 5.56 Å². The van der Waals surface area contributed by atoms with Crippen molar-refractivity contribution in [3.63, 3.8) is 0 Å². The van der Waals surface area contributed by atoms with Gasteiger partial charge in [-0.3, -0.25) is 15.0 Å². The highest BCUT2D eigenvalue weighted by atomic mass is 35.5. The van der Waals surface area contributed by atoms with E-state index >= 15 is 0 Å². The molecule has 1 aromatic rings. The van der Waals surface area contributed by atoms with E-state index in [2.05, 4.69) is 22.8 Å². The average Bonchev–Trinajstić information content (AvgIpc) is 2.43. The van der Waals surface area contributed by atoms with Crippen LogP contribution in [0.25, 0.3) is 0 Å². The Balaban J connectivity index is 0.00000529. The Morgan fingerprint density at radius 3 is 2.29 bits per heavy atom. The molecule has 24 heavy (non-hydrogen) atoms. The fourth-order valence-corrected chi connectivity index (χ4v) is 2.13. The van der Waals surface area contributed by atoms with E-state index in [1.807, 2.05) is 43.9 Å². The van der Waals surface area contributed by atoms with Crippen molar-refractivity contribution in [3.05, 3.63) is 35.9 Å². The van der Waals surface area contributed by atoms with Crippen LogP contribution >= 0.6 is 12.4 Å². The molecule has 0 atom stereocenters. The maximum absolute atomic E-state index is 12.0. The van der Waals surface area contributed by atoms with E-state index in [0.717, 1.165) is 13.0 Å². The van der Waals surface area contributed by atoms with Crippen LogP contribution in [0.2, 0.25) is 0 Å². The van der Waals surface area contributed by atoms with Gasteiger partial charge >= 0.3 is 6.03 Å². The fourth-order valence-electron chi connectivity index (χ4n) is 2.13. The van der Waals surface area contributed by atoms with E-state index in [-0.39, 0.29) is 30.4 Å². The first-order valence-corrected chi connectivity index (χ1v) is 7.88. The lowest BCUT2D eigenvalue weighted by Crippen LogP contribution is -2.50. The molecule has 7 heteroatoms. The maximum Gasteiger partial charge on any atom is 0.321 e. The van der Waals surface area contributed by atoms with Gasteiger partial charge in [-0.25, -0.2) is 4.79 Å². The van der Waals surface area contributed by atoms with Crippen molar-refractivity contribution in [2.75, 3.05) is 26.2 Å². The van der Waals surface area contributed by atoms with Gasteiger partial charge in [0.2, 0.25) is 5.91 Å². The Labute approximate surface area is 150 Å². The minimum absolute atomic E-state index is 0. The second-order valence-corrected chi connectivity index (χ2v) is 6.55. The zero-order valence-corrected chi connectivity index (χ0v) is 15.5. The number of benzene rings is 1. The maximum atomic E-state index is 12.0. The molecule has 136 valence electrons. The van der Waals surface area contributed by atoms with Gasteiger partial charge in [-0.15, -0.1) is 12.4 Å². The van der Waals surface area contributed by atoms with Gasteiger partial charge in [-0.1, -0.05) is 30.3 Å². The van der Waals surface area contributed by atoms with Gasteiger partial charge < -0.3 is 11.1 Å². The molecule has 3 amide bonds. The van der Waals surface area contributed by atoms with Crippen molar-refractivity contribution in [3.8, 4) is 0 Å². The highest BCUT2D eigenvalue weighted by molar-refractivity contribution is 5.95. The summed E-state index contributed by atoms with van der Waals surface area (Å²) >= 11 is 0. The predicted octanol–water partition coefficient (Wildman–Crippen LogP) is 1.54. The molecule has 0 spiro atoms. The molecule has 0 aliphatic heterocycles. The van der Waals surface area contributed by atoms with Crippen molar-refractivity contribution in [2.45, 2.75) is 32.7 Å². The molecule has 0 bridgehead atoms. The zero-order chi connectivity index (χ0) is 17.3. The standard InChI is InChI=1S/C17H28N4O2.ClH/c1-17(2,3)20-16(23)19-15(22)13-21(12-10-18)11-9-14-7-5-4-6-8-14;/h4-8H,9-13,18H2,1-3H3,(H2,19,20,22,23);1H. The topological polar surface area (TPSA) is 87.5 Å². The molecule has 0 fully saturated rings. The summed E-state index contributed by atoms with van der Waals surface area (Å²) in [5, 5.41) is 5.05. The zero-order valence-electron chi connectivity index (χ0n) is 14.7. The number of rotatable bonds is 7. The number of hydrogen-bond donors (Lipinski definition) is 3. The molecule has 0 aliphatic carbocycles. The number of halogens is 1. The van der Waals surface area contributed by atoms with E-state index in [1.54, 1.807) is 0 Å². The Kier molecular flexibility index (Phi) is 10.3. The third-order valence-corrected chi connectivity index (χ3v) is 3.11. The van der Waals surface area contributed by atoms with Gasteiger partial charge in [0.05, 0.1) is 6.54 Å². The first-order chi connectivity index (χ1) is 10.8. The molecular formula is C17H29ClN4O2. The number of carbonyl (C=O) groups is 2. The molecule has 1 aromatic carbocycles. The van der Waals surface area contributed by atoms with Gasteiger partial charge in [0.15, 0.2) is 0 Å². The van der Waals surface area contributed by atoms with E-state index in [0.29, 0.717) is 13.1 Å². The van der Waals surface area contributed by atoms with Crippen LogP contribution in [0.4, 0.5) is 4.79 Å². The monoisotopic (exact) mass is 356 g/mol. The van der Waals surface area contributed by atoms with E-state index in [9.17, 15) is 9.59 Å². The summed E-state index contributed by atoms with van der Waals surface area (Å²) in [6.07, 6.45) is 0.836. The normalized spacial score (nSPS) is 10.9. The summed E-state index contributed by atoms with van der Waals surface area (Å²) in [6.45, 7) is 7.53. The second-order valence-electron chi connectivity index (χ2n) is 6.55. The molecule has 4 N–H and O–H groups in total. The number of amides is 3. The van der Waals surface area contributed by atoms with Gasteiger partial charge in [0, 0.05) is 25.2 Å². The van der Waals surface area contributed by atoms with Gasteiger partial charge in [0.25, 0.3) is 0 Å². The van der Waals surface area contributed by atoms with Crippen molar-refractivity contribution in [1.29, 1.82) is 0 Å². The molecule has 0 aromatic heterocycles. The van der Waals surface area contributed by atoms with E-state index in [4.69, 9.17) is 5.73 Å². The highest BCUT2D eigenvalue weighted by Crippen LogP contribution is 2.01. The third kappa shape index (κ3) is 10.2. The van der Waals surface area contributed by atoms with Crippen molar-refractivity contribution in [2.24, 2.45) is 5.73 Å². The smallest absolute Gasteiger partial charge is 0.321 e. The quantitative estimate of drug-likeness (QED) is 0.691. The van der Waals surface area contributed by atoms with Crippen LogP contribution in [-0.2, 0) is 11.2 Å². The van der Waals surface area contributed by atoms with Crippen LogP contribution in [0.3, 0.4) is 0 Å².